The van der Waals surface area contributed by atoms with Crippen LogP contribution in [0.15, 0.2) is 70.4 Å². The topological polar surface area (TPSA) is 40.5 Å². The summed E-state index contributed by atoms with van der Waals surface area (Å²) < 4.78 is 0. The van der Waals surface area contributed by atoms with E-state index in [0.717, 1.165) is 31.3 Å². The van der Waals surface area contributed by atoms with Crippen LogP contribution in [0.25, 0.3) is 0 Å². The van der Waals surface area contributed by atoms with E-state index in [1.165, 1.54) is 22.3 Å². The van der Waals surface area contributed by atoms with Gasteiger partial charge in [0.2, 0.25) is 0 Å². The maximum absolute atomic E-state index is 9.99. The van der Waals surface area contributed by atoms with Crippen LogP contribution in [0.5, 0.6) is 0 Å². The molecule has 0 fully saturated rings. The zero-order valence-electron chi connectivity index (χ0n) is 19.0. The van der Waals surface area contributed by atoms with Gasteiger partial charge in [-0.1, -0.05) is 84.9 Å². The SMILES string of the molecule is CC1=C(C#C/C(C)=C/C=C/C(C)=C/C=C/C=C(\C)CCCO)C(C)(C)C[C@H](O)C1. The molecule has 2 heteroatoms. The molecular weight excluding hydrogens is 356 g/mol. The van der Waals surface area contributed by atoms with E-state index in [1.807, 2.05) is 31.2 Å². The summed E-state index contributed by atoms with van der Waals surface area (Å²) in [7, 11) is 0. The Bertz CT molecular complexity index is 786. The molecule has 1 aliphatic rings. The van der Waals surface area contributed by atoms with Gasteiger partial charge >= 0.3 is 0 Å². The normalized spacial score (nSPS) is 21.1. The van der Waals surface area contributed by atoms with Gasteiger partial charge in [0, 0.05) is 17.6 Å². The first-order chi connectivity index (χ1) is 13.7. The fourth-order valence-electron chi connectivity index (χ4n) is 3.54. The first kappa shape index (κ1) is 25.0. The summed E-state index contributed by atoms with van der Waals surface area (Å²) in [6.45, 7) is 12.8. The van der Waals surface area contributed by atoms with Crippen molar-refractivity contribution in [1.29, 1.82) is 0 Å². The molecule has 0 aromatic heterocycles. The molecule has 0 saturated heterocycles. The first-order valence-corrected chi connectivity index (χ1v) is 10.5. The van der Waals surface area contributed by atoms with Gasteiger partial charge in [-0.25, -0.2) is 0 Å². The number of aliphatic hydroxyl groups is 2. The third kappa shape index (κ3) is 9.79. The number of aliphatic hydroxyl groups excluding tert-OH is 2. The average molecular weight is 395 g/mol. The summed E-state index contributed by atoms with van der Waals surface area (Å²) in [4.78, 5) is 0. The van der Waals surface area contributed by atoms with E-state index in [1.54, 1.807) is 0 Å². The second kappa shape index (κ2) is 12.5. The molecule has 0 amide bonds. The lowest BCUT2D eigenvalue weighted by Gasteiger charge is -2.34. The molecule has 29 heavy (non-hydrogen) atoms. The van der Waals surface area contributed by atoms with Crippen molar-refractivity contribution in [1.82, 2.24) is 0 Å². The number of hydrogen-bond donors (Lipinski definition) is 2. The van der Waals surface area contributed by atoms with Crippen molar-refractivity contribution in [2.24, 2.45) is 5.41 Å². The highest BCUT2D eigenvalue weighted by molar-refractivity contribution is 5.45. The molecule has 158 valence electrons. The summed E-state index contributed by atoms with van der Waals surface area (Å²) in [6, 6.07) is 0. The predicted octanol–water partition coefficient (Wildman–Crippen LogP) is 6.21. The molecule has 1 aliphatic carbocycles. The van der Waals surface area contributed by atoms with Gasteiger partial charge in [0.15, 0.2) is 0 Å². The van der Waals surface area contributed by atoms with E-state index >= 15 is 0 Å². The predicted molar refractivity (Wildman–Crippen MR) is 125 cm³/mol. The Morgan fingerprint density at radius 1 is 1.10 bits per heavy atom. The van der Waals surface area contributed by atoms with Crippen LogP contribution in [0.1, 0.15) is 67.2 Å². The highest BCUT2D eigenvalue weighted by atomic mass is 16.3. The quantitative estimate of drug-likeness (QED) is 0.398. The molecule has 2 nitrogen and oxygen atoms in total. The molecule has 0 aromatic carbocycles. The third-order valence-corrected chi connectivity index (χ3v) is 5.06. The Morgan fingerprint density at radius 2 is 1.79 bits per heavy atom. The summed E-state index contributed by atoms with van der Waals surface area (Å²) in [5.74, 6) is 6.63. The van der Waals surface area contributed by atoms with Crippen LogP contribution < -0.4 is 0 Å². The molecule has 0 heterocycles. The van der Waals surface area contributed by atoms with Gasteiger partial charge in [0.1, 0.15) is 0 Å². The minimum absolute atomic E-state index is 0.0680. The van der Waals surface area contributed by atoms with Crippen molar-refractivity contribution in [3.63, 3.8) is 0 Å². The van der Waals surface area contributed by atoms with Gasteiger partial charge in [-0.05, 0) is 59.0 Å². The largest absolute Gasteiger partial charge is 0.396 e. The Hall–Kier alpha value is -2.08. The monoisotopic (exact) mass is 394 g/mol. The summed E-state index contributed by atoms with van der Waals surface area (Å²) in [5, 5.41) is 18.8. The standard InChI is InChI=1S/C27H38O2/c1-21(11-7-8-12-22(2)15-10-18-28)13-9-14-23(3)16-17-26-24(4)19-25(29)20-27(26,5)6/h7-9,11-14,25,28-29H,10,15,18-20H2,1-6H3/b8-7+,13-9+,21-11+,22-12+,23-14+/t25-/m1/s1. The lowest BCUT2D eigenvalue weighted by Crippen LogP contribution is -2.28. The zero-order chi connectivity index (χ0) is 21.9. The zero-order valence-corrected chi connectivity index (χ0v) is 19.0. The minimum Gasteiger partial charge on any atom is -0.396 e. The summed E-state index contributed by atoms with van der Waals surface area (Å²) in [6.07, 6.45) is 17.4. The van der Waals surface area contributed by atoms with Gasteiger partial charge in [-0.15, -0.1) is 0 Å². The van der Waals surface area contributed by atoms with Crippen molar-refractivity contribution < 1.29 is 10.2 Å². The van der Waals surface area contributed by atoms with E-state index in [4.69, 9.17) is 5.11 Å². The average Bonchev–Trinajstić information content (AvgIpc) is 2.62. The van der Waals surface area contributed by atoms with Crippen molar-refractivity contribution in [2.45, 2.75) is 73.3 Å². The maximum Gasteiger partial charge on any atom is 0.0586 e. The molecule has 0 unspecified atom stereocenters. The van der Waals surface area contributed by atoms with E-state index in [9.17, 15) is 5.11 Å². The highest BCUT2D eigenvalue weighted by Crippen LogP contribution is 2.39. The molecule has 2 N–H and O–H groups in total. The molecular formula is C27H38O2. The van der Waals surface area contributed by atoms with Gasteiger partial charge in [0.25, 0.3) is 0 Å². The first-order valence-electron chi connectivity index (χ1n) is 10.5. The van der Waals surface area contributed by atoms with E-state index < -0.39 is 0 Å². The van der Waals surface area contributed by atoms with Gasteiger partial charge in [-0.3, -0.25) is 0 Å². The minimum atomic E-state index is -0.251. The summed E-state index contributed by atoms with van der Waals surface area (Å²) >= 11 is 0. The fourth-order valence-corrected chi connectivity index (χ4v) is 3.54. The van der Waals surface area contributed by atoms with E-state index in [0.29, 0.717) is 0 Å². The van der Waals surface area contributed by atoms with Crippen LogP contribution in [0.2, 0.25) is 0 Å². The van der Waals surface area contributed by atoms with Crippen LogP contribution in [-0.2, 0) is 0 Å². The lowest BCUT2D eigenvalue weighted by atomic mass is 9.72. The van der Waals surface area contributed by atoms with Crippen LogP contribution in [0, 0.1) is 17.3 Å². The Balaban J connectivity index is 2.70. The van der Waals surface area contributed by atoms with Crippen LogP contribution in [-0.4, -0.2) is 22.9 Å². The lowest BCUT2D eigenvalue weighted by molar-refractivity contribution is 0.117. The molecule has 0 saturated carbocycles. The van der Waals surface area contributed by atoms with Crippen LogP contribution >= 0.6 is 0 Å². The third-order valence-electron chi connectivity index (χ3n) is 5.06. The van der Waals surface area contributed by atoms with Crippen molar-refractivity contribution in [3.05, 3.63) is 70.4 Å². The fraction of sp³-hybridized carbons (Fsp3) is 0.481. The van der Waals surface area contributed by atoms with Crippen molar-refractivity contribution in [2.75, 3.05) is 6.61 Å². The number of allylic oxidation sites excluding steroid dienone is 11. The number of hydrogen-bond acceptors (Lipinski definition) is 2. The Kier molecular flexibility index (Phi) is 10.7. The van der Waals surface area contributed by atoms with E-state index in [2.05, 4.69) is 64.7 Å². The molecule has 0 aromatic rings. The van der Waals surface area contributed by atoms with Crippen molar-refractivity contribution >= 4 is 0 Å². The molecule has 0 radical (unpaired) electrons. The smallest absolute Gasteiger partial charge is 0.0586 e. The van der Waals surface area contributed by atoms with Crippen LogP contribution in [0.4, 0.5) is 0 Å². The van der Waals surface area contributed by atoms with Gasteiger partial charge < -0.3 is 10.2 Å². The molecule has 0 aliphatic heterocycles. The molecule has 1 rings (SSSR count). The maximum atomic E-state index is 9.99. The second-order valence-electron chi connectivity index (χ2n) is 8.70. The summed E-state index contributed by atoms with van der Waals surface area (Å²) in [5.41, 5.74) is 5.77. The molecule has 0 bridgehead atoms. The van der Waals surface area contributed by atoms with Gasteiger partial charge in [0.05, 0.1) is 6.10 Å². The Labute approximate surface area is 178 Å². The number of rotatable bonds is 7. The Morgan fingerprint density at radius 3 is 2.45 bits per heavy atom. The van der Waals surface area contributed by atoms with E-state index in [-0.39, 0.29) is 18.1 Å². The van der Waals surface area contributed by atoms with Crippen LogP contribution in [0.3, 0.4) is 0 Å². The van der Waals surface area contributed by atoms with Crippen molar-refractivity contribution in [3.8, 4) is 11.8 Å². The molecule has 0 spiro atoms. The second-order valence-corrected chi connectivity index (χ2v) is 8.70. The molecule has 1 atom stereocenters. The van der Waals surface area contributed by atoms with Gasteiger partial charge in [-0.2, -0.15) is 0 Å². The highest BCUT2D eigenvalue weighted by Gasteiger charge is 2.31.